The molecule has 1 aliphatic heterocycles. The Morgan fingerprint density at radius 2 is 1.85 bits per heavy atom. The fraction of sp³-hybridized carbons (Fsp3) is 0.0769. The number of rotatable bonds is 2. The lowest BCUT2D eigenvalue weighted by atomic mass is 10.2. The number of alkyl halides is 3. The van der Waals surface area contributed by atoms with E-state index < -0.39 is 6.36 Å². The predicted octanol–water partition coefficient (Wildman–Crippen LogP) is 4.71. The van der Waals surface area contributed by atoms with Crippen LogP contribution < -0.4 is 13.8 Å². The van der Waals surface area contributed by atoms with Gasteiger partial charge < -0.3 is 9.46 Å². The van der Waals surface area contributed by atoms with Crippen molar-refractivity contribution in [1.29, 1.82) is 0 Å². The van der Waals surface area contributed by atoms with Crippen LogP contribution in [0.5, 0.6) is 5.75 Å². The number of para-hydroxylation sites is 2. The van der Waals surface area contributed by atoms with Crippen molar-refractivity contribution in [3.63, 3.8) is 0 Å². The third kappa shape index (κ3) is 2.62. The minimum atomic E-state index is -4.69. The molecule has 7 heteroatoms. The Morgan fingerprint density at radius 3 is 2.65 bits per heavy atom. The van der Waals surface area contributed by atoms with E-state index in [2.05, 4.69) is 9.46 Å². The number of hydrogen-bond donors (Lipinski definition) is 1. The number of hydrogen-bond acceptors (Lipinski definition) is 4. The molecule has 3 nitrogen and oxygen atoms in total. The number of nitrogens with zero attached hydrogens (tertiary/aromatic N) is 1. The lowest BCUT2D eigenvalue weighted by Crippen LogP contribution is -2.17. The Bertz CT molecular complexity index is 633. The third-order valence-electron chi connectivity index (χ3n) is 2.66. The molecule has 2 aromatic carbocycles. The Kier molecular flexibility index (Phi) is 3.13. The Labute approximate surface area is 117 Å². The van der Waals surface area contributed by atoms with Gasteiger partial charge >= 0.3 is 6.36 Å². The maximum atomic E-state index is 12.2. The van der Waals surface area contributed by atoms with Gasteiger partial charge in [0.15, 0.2) is 0 Å². The zero-order chi connectivity index (χ0) is 14.2. The van der Waals surface area contributed by atoms with Crippen LogP contribution in [0, 0.1) is 0 Å². The van der Waals surface area contributed by atoms with E-state index in [1.165, 1.54) is 30.3 Å². The molecule has 0 atom stereocenters. The van der Waals surface area contributed by atoms with Gasteiger partial charge in [-0.25, -0.2) is 0 Å². The summed E-state index contributed by atoms with van der Waals surface area (Å²) in [4.78, 5) is 0. The monoisotopic (exact) mass is 298 g/mol. The quantitative estimate of drug-likeness (QED) is 0.811. The van der Waals surface area contributed by atoms with Crippen LogP contribution in [0.2, 0.25) is 0 Å². The van der Waals surface area contributed by atoms with Gasteiger partial charge in [-0.05, 0) is 24.3 Å². The highest BCUT2D eigenvalue weighted by atomic mass is 32.2. The van der Waals surface area contributed by atoms with Gasteiger partial charge in [-0.3, -0.25) is 4.31 Å². The fourth-order valence-electron chi connectivity index (χ4n) is 1.88. The first-order valence-corrected chi connectivity index (χ1v) is 6.48. The Hall–Kier alpha value is -2.02. The van der Waals surface area contributed by atoms with Crippen molar-refractivity contribution in [3.05, 3.63) is 48.5 Å². The number of anilines is 3. The first-order chi connectivity index (χ1) is 9.53. The van der Waals surface area contributed by atoms with E-state index in [1.807, 2.05) is 24.3 Å². The van der Waals surface area contributed by atoms with Gasteiger partial charge in [-0.1, -0.05) is 18.2 Å². The molecule has 20 heavy (non-hydrogen) atoms. The van der Waals surface area contributed by atoms with Crippen molar-refractivity contribution in [2.45, 2.75) is 6.36 Å². The molecule has 0 spiro atoms. The molecule has 0 unspecified atom stereocenters. The molecule has 0 saturated heterocycles. The second-order valence-electron chi connectivity index (χ2n) is 4.05. The first kappa shape index (κ1) is 13.0. The van der Waals surface area contributed by atoms with Crippen molar-refractivity contribution >= 4 is 29.2 Å². The van der Waals surface area contributed by atoms with Crippen LogP contribution in [0.4, 0.5) is 30.2 Å². The van der Waals surface area contributed by atoms with Crippen molar-refractivity contribution < 1.29 is 17.9 Å². The van der Waals surface area contributed by atoms with Crippen molar-refractivity contribution in [2.24, 2.45) is 0 Å². The van der Waals surface area contributed by atoms with Gasteiger partial charge in [-0.2, -0.15) is 0 Å². The van der Waals surface area contributed by atoms with Crippen molar-refractivity contribution in [1.82, 2.24) is 0 Å². The zero-order valence-electron chi connectivity index (χ0n) is 10.0. The van der Waals surface area contributed by atoms with Gasteiger partial charge in [0.05, 0.1) is 29.2 Å². The molecule has 104 valence electrons. The summed E-state index contributed by atoms with van der Waals surface area (Å²) in [5, 5.41) is 0. The number of benzene rings is 2. The fourth-order valence-corrected chi connectivity index (χ4v) is 2.72. The molecule has 0 radical (unpaired) electrons. The molecule has 0 bridgehead atoms. The molecule has 1 heterocycles. The second kappa shape index (κ2) is 4.82. The van der Waals surface area contributed by atoms with Crippen LogP contribution >= 0.6 is 12.1 Å². The molecular formula is C13H9F3N2OS. The van der Waals surface area contributed by atoms with E-state index in [-0.39, 0.29) is 5.75 Å². The van der Waals surface area contributed by atoms with Gasteiger partial charge in [0.2, 0.25) is 0 Å². The maximum absolute atomic E-state index is 12.2. The molecule has 0 aliphatic carbocycles. The predicted molar refractivity (Wildman–Crippen MR) is 72.9 cm³/mol. The minimum Gasteiger partial charge on any atom is -0.406 e. The largest absolute Gasteiger partial charge is 0.573 e. The molecule has 1 aliphatic rings. The Morgan fingerprint density at radius 1 is 1.05 bits per heavy atom. The van der Waals surface area contributed by atoms with Crippen LogP contribution in [0.1, 0.15) is 0 Å². The third-order valence-corrected chi connectivity index (χ3v) is 3.56. The smallest absolute Gasteiger partial charge is 0.406 e. The molecule has 0 saturated carbocycles. The number of halogens is 3. The number of ether oxygens (including phenoxy) is 1. The Balaban J connectivity index is 1.91. The van der Waals surface area contributed by atoms with Gasteiger partial charge in [0.25, 0.3) is 0 Å². The number of fused-ring (bicyclic) bond motifs is 1. The summed E-state index contributed by atoms with van der Waals surface area (Å²) in [7, 11) is 0. The average molecular weight is 298 g/mol. The molecule has 0 aromatic heterocycles. The zero-order valence-corrected chi connectivity index (χ0v) is 10.8. The minimum absolute atomic E-state index is 0.236. The maximum Gasteiger partial charge on any atom is 0.573 e. The molecule has 3 rings (SSSR count). The summed E-state index contributed by atoms with van der Waals surface area (Å²) >= 11 is 1.30. The van der Waals surface area contributed by atoms with E-state index in [0.717, 1.165) is 11.4 Å². The standard InChI is InChI=1S/C13H9F3N2OS/c14-13(15,16)19-10-5-3-4-9(8-10)18-12-7-2-1-6-11(12)17-20-18/h1-8,17H. The second-order valence-corrected chi connectivity index (χ2v) is 4.80. The van der Waals surface area contributed by atoms with Gasteiger partial charge in [-0.15, -0.1) is 13.2 Å². The molecule has 1 N–H and O–H groups in total. The molecule has 2 aromatic rings. The van der Waals surface area contributed by atoms with Crippen molar-refractivity contribution in [3.8, 4) is 5.75 Å². The van der Waals surface area contributed by atoms with E-state index in [9.17, 15) is 13.2 Å². The van der Waals surface area contributed by atoms with E-state index in [1.54, 1.807) is 10.4 Å². The highest BCUT2D eigenvalue weighted by molar-refractivity contribution is 8.02. The van der Waals surface area contributed by atoms with Crippen LogP contribution in [-0.2, 0) is 0 Å². The highest BCUT2D eigenvalue weighted by Crippen LogP contribution is 2.44. The average Bonchev–Trinajstić information content (AvgIpc) is 2.81. The summed E-state index contributed by atoms with van der Waals surface area (Å²) in [5.74, 6) is -0.236. The summed E-state index contributed by atoms with van der Waals surface area (Å²) in [5.41, 5.74) is 2.41. The SMILES string of the molecule is FC(F)(F)Oc1cccc(N2SNc3ccccc32)c1. The van der Waals surface area contributed by atoms with Gasteiger partial charge in [0.1, 0.15) is 5.75 Å². The summed E-state index contributed by atoms with van der Waals surface area (Å²) in [6.07, 6.45) is -4.69. The normalized spacial score (nSPS) is 13.8. The summed E-state index contributed by atoms with van der Waals surface area (Å²) in [6.45, 7) is 0. The van der Waals surface area contributed by atoms with Gasteiger partial charge in [0, 0.05) is 6.07 Å². The van der Waals surface area contributed by atoms with E-state index in [4.69, 9.17) is 0 Å². The number of nitrogens with one attached hydrogen (secondary N) is 1. The lowest BCUT2D eigenvalue weighted by molar-refractivity contribution is -0.274. The van der Waals surface area contributed by atoms with Crippen LogP contribution in [0.15, 0.2) is 48.5 Å². The van der Waals surface area contributed by atoms with Crippen LogP contribution in [-0.4, -0.2) is 6.36 Å². The van der Waals surface area contributed by atoms with Crippen molar-refractivity contribution in [2.75, 3.05) is 9.03 Å². The highest BCUT2D eigenvalue weighted by Gasteiger charge is 2.31. The summed E-state index contributed by atoms with van der Waals surface area (Å²) < 4.78 is 45.5. The van der Waals surface area contributed by atoms with Crippen LogP contribution in [0.25, 0.3) is 0 Å². The molecule has 0 amide bonds. The van der Waals surface area contributed by atoms with E-state index in [0.29, 0.717) is 5.69 Å². The topological polar surface area (TPSA) is 24.5 Å². The van der Waals surface area contributed by atoms with Crippen LogP contribution in [0.3, 0.4) is 0 Å². The molecule has 0 fully saturated rings. The first-order valence-electron chi connectivity index (χ1n) is 5.71. The molecular weight excluding hydrogens is 289 g/mol. The lowest BCUT2D eigenvalue weighted by Gasteiger charge is -2.17. The summed E-state index contributed by atoms with van der Waals surface area (Å²) in [6, 6.07) is 13.4. The van der Waals surface area contributed by atoms with E-state index >= 15 is 0 Å².